The fourth-order valence-electron chi connectivity index (χ4n) is 5.08. The number of carbonyl (C=O) groups excluding carboxylic acids is 4. The fraction of sp³-hybridized carbons (Fsp3) is 0.405. The number of urea groups is 1. The molecule has 0 saturated carbocycles. The SMILES string of the molecule is CCCCNC(=O)N1CCN(C(=O)OCc2ccccc2)CCN(C(=O)OCc2ccccc2)CCN(C(=O)OCc2ccccc2)CC1. The van der Waals surface area contributed by atoms with Crippen LogP contribution < -0.4 is 5.32 Å². The molecule has 0 bridgehead atoms. The molecule has 3 aromatic rings. The van der Waals surface area contributed by atoms with E-state index in [1.807, 2.05) is 97.9 Å². The van der Waals surface area contributed by atoms with Crippen LogP contribution in [0.1, 0.15) is 36.5 Å². The number of rotatable bonds is 9. The summed E-state index contributed by atoms with van der Waals surface area (Å²) in [5.74, 6) is 0. The van der Waals surface area contributed by atoms with E-state index in [0.717, 1.165) is 29.5 Å². The molecule has 0 aromatic heterocycles. The van der Waals surface area contributed by atoms with E-state index in [4.69, 9.17) is 14.2 Å². The van der Waals surface area contributed by atoms with Gasteiger partial charge in [-0.15, -0.1) is 0 Å². The Morgan fingerprint density at radius 2 is 0.816 bits per heavy atom. The average Bonchev–Trinajstić information content (AvgIpc) is 3.13. The lowest BCUT2D eigenvalue weighted by Crippen LogP contribution is -2.52. The van der Waals surface area contributed by atoms with Gasteiger partial charge in [0, 0.05) is 58.9 Å². The lowest BCUT2D eigenvalue weighted by Gasteiger charge is -2.33. The van der Waals surface area contributed by atoms with Gasteiger partial charge < -0.3 is 39.1 Å². The Bertz CT molecular complexity index is 1370. The number of benzene rings is 3. The number of hydrogen-bond donors (Lipinski definition) is 1. The van der Waals surface area contributed by atoms with Crippen molar-refractivity contribution in [2.45, 2.75) is 39.6 Å². The first kappa shape index (κ1) is 36.6. The van der Waals surface area contributed by atoms with Gasteiger partial charge in [0.25, 0.3) is 0 Å². The molecule has 1 fully saturated rings. The Morgan fingerprint density at radius 1 is 0.510 bits per heavy atom. The van der Waals surface area contributed by atoms with Crippen molar-refractivity contribution in [2.75, 3.05) is 58.9 Å². The highest BCUT2D eigenvalue weighted by atomic mass is 16.6. The second-order valence-corrected chi connectivity index (χ2v) is 11.7. The maximum atomic E-state index is 13.4. The number of nitrogens with zero attached hydrogens (tertiary/aromatic N) is 4. The summed E-state index contributed by atoms with van der Waals surface area (Å²) >= 11 is 0. The standard InChI is InChI=1S/C37H47N5O7/c1-2-3-19-38-34(43)39-20-22-40(35(44)47-28-31-13-7-4-8-14-31)24-26-42(37(46)49-30-33-17-11-6-12-18-33)27-25-41(23-21-39)36(45)48-29-32-15-9-5-10-16-32/h4-18H,2-3,19-30H2,1H3,(H,38,43). The van der Waals surface area contributed by atoms with Gasteiger partial charge in [0.15, 0.2) is 0 Å². The first-order valence-electron chi connectivity index (χ1n) is 16.8. The predicted octanol–water partition coefficient (Wildman–Crippen LogP) is 5.73. The molecule has 12 nitrogen and oxygen atoms in total. The number of unbranched alkanes of at least 4 members (excludes halogenated alkanes) is 1. The number of nitrogens with one attached hydrogen (secondary N) is 1. The Balaban J connectivity index is 1.51. The monoisotopic (exact) mass is 673 g/mol. The van der Waals surface area contributed by atoms with Crippen LogP contribution in [0.5, 0.6) is 0 Å². The van der Waals surface area contributed by atoms with E-state index in [2.05, 4.69) is 5.32 Å². The van der Waals surface area contributed by atoms with Gasteiger partial charge in [-0.3, -0.25) is 0 Å². The summed E-state index contributed by atoms with van der Waals surface area (Å²) in [6.45, 7) is 3.94. The van der Waals surface area contributed by atoms with E-state index in [1.54, 1.807) is 4.90 Å². The van der Waals surface area contributed by atoms with Gasteiger partial charge in [-0.05, 0) is 23.1 Å². The molecular weight excluding hydrogens is 626 g/mol. The Hall–Kier alpha value is -5.26. The van der Waals surface area contributed by atoms with Gasteiger partial charge in [-0.2, -0.15) is 0 Å². The molecule has 0 aliphatic carbocycles. The molecule has 4 rings (SSSR count). The van der Waals surface area contributed by atoms with E-state index in [0.29, 0.717) is 6.54 Å². The van der Waals surface area contributed by atoms with Crippen LogP contribution in [-0.2, 0) is 34.0 Å². The van der Waals surface area contributed by atoms with E-state index < -0.39 is 18.3 Å². The summed E-state index contributed by atoms with van der Waals surface area (Å²) in [5, 5.41) is 2.94. The summed E-state index contributed by atoms with van der Waals surface area (Å²) in [6, 6.07) is 27.8. The van der Waals surface area contributed by atoms with Crippen LogP contribution >= 0.6 is 0 Å². The number of ether oxygens (including phenoxy) is 3. The average molecular weight is 674 g/mol. The largest absolute Gasteiger partial charge is 0.445 e. The summed E-state index contributed by atoms with van der Waals surface area (Å²) in [4.78, 5) is 59.5. The highest BCUT2D eigenvalue weighted by Gasteiger charge is 2.26. The number of carbonyl (C=O) groups is 4. The zero-order valence-corrected chi connectivity index (χ0v) is 28.2. The number of hydrogen-bond acceptors (Lipinski definition) is 7. The summed E-state index contributed by atoms with van der Waals surface area (Å²) in [5.41, 5.74) is 2.51. The molecule has 5 amide bonds. The zero-order valence-electron chi connectivity index (χ0n) is 28.2. The molecule has 0 unspecified atom stereocenters. The molecule has 1 saturated heterocycles. The van der Waals surface area contributed by atoms with Gasteiger partial charge in [-0.1, -0.05) is 104 Å². The topological polar surface area (TPSA) is 121 Å². The van der Waals surface area contributed by atoms with Crippen LogP contribution in [0.15, 0.2) is 91.0 Å². The van der Waals surface area contributed by atoms with E-state index >= 15 is 0 Å². The van der Waals surface area contributed by atoms with Crippen LogP contribution in [0.2, 0.25) is 0 Å². The highest BCUT2D eigenvalue weighted by Crippen LogP contribution is 2.10. The molecule has 3 aromatic carbocycles. The molecule has 1 N–H and O–H groups in total. The molecule has 0 atom stereocenters. The third-order valence-corrected chi connectivity index (χ3v) is 8.04. The molecule has 0 radical (unpaired) electrons. The minimum atomic E-state index is -0.576. The lowest BCUT2D eigenvalue weighted by molar-refractivity contribution is 0.0636. The lowest BCUT2D eigenvalue weighted by atomic mass is 10.2. The molecule has 0 spiro atoms. The van der Waals surface area contributed by atoms with Crippen LogP contribution in [0.3, 0.4) is 0 Å². The third-order valence-electron chi connectivity index (χ3n) is 8.04. The van der Waals surface area contributed by atoms with Crippen molar-refractivity contribution < 1.29 is 33.4 Å². The summed E-state index contributed by atoms with van der Waals surface area (Å²) < 4.78 is 16.9. The van der Waals surface area contributed by atoms with Gasteiger partial charge in [0.2, 0.25) is 0 Å². The highest BCUT2D eigenvalue weighted by molar-refractivity contribution is 5.74. The van der Waals surface area contributed by atoms with Crippen molar-refractivity contribution in [1.82, 2.24) is 24.9 Å². The van der Waals surface area contributed by atoms with Crippen LogP contribution in [0.25, 0.3) is 0 Å². The number of amides is 5. The molecular formula is C37H47N5O7. The molecule has 12 heteroatoms. The van der Waals surface area contributed by atoms with Crippen LogP contribution in [0, 0.1) is 0 Å². The third kappa shape index (κ3) is 12.7. The van der Waals surface area contributed by atoms with Crippen molar-refractivity contribution in [1.29, 1.82) is 0 Å². The Morgan fingerprint density at radius 3 is 1.12 bits per heavy atom. The second kappa shape index (κ2) is 20.2. The maximum absolute atomic E-state index is 13.4. The van der Waals surface area contributed by atoms with Crippen molar-refractivity contribution in [2.24, 2.45) is 0 Å². The first-order chi connectivity index (χ1) is 23.9. The quantitative estimate of drug-likeness (QED) is 0.228. The normalized spacial score (nSPS) is 14.2. The summed E-state index contributed by atoms with van der Waals surface area (Å²) in [7, 11) is 0. The molecule has 262 valence electrons. The zero-order chi connectivity index (χ0) is 34.7. The smallest absolute Gasteiger partial charge is 0.410 e. The minimum Gasteiger partial charge on any atom is -0.445 e. The van der Waals surface area contributed by atoms with Crippen LogP contribution in [0.4, 0.5) is 19.2 Å². The first-order valence-corrected chi connectivity index (χ1v) is 16.8. The van der Waals surface area contributed by atoms with Gasteiger partial charge in [0.1, 0.15) is 19.8 Å². The van der Waals surface area contributed by atoms with Crippen molar-refractivity contribution in [3.8, 4) is 0 Å². The molecule has 49 heavy (non-hydrogen) atoms. The fourth-order valence-corrected chi connectivity index (χ4v) is 5.08. The van der Waals surface area contributed by atoms with Crippen LogP contribution in [-0.4, -0.2) is 103 Å². The van der Waals surface area contributed by atoms with E-state index in [-0.39, 0.29) is 78.2 Å². The Kier molecular flexibility index (Phi) is 15.1. The molecule has 1 heterocycles. The van der Waals surface area contributed by atoms with E-state index in [1.165, 1.54) is 14.7 Å². The van der Waals surface area contributed by atoms with Gasteiger partial charge in [0.05, 0.1) is 0 Å². The second-order valence-electron chi connectivity index (χ2n) is 11.7. The van der Waals surface area contributed by atoms with Gasteiger partial charge >= 0.3 is 24.3 Å². The van der Waals surface area contributed by atoms with Crippen molar-refractivity contribution in [3.63, 3.8) is 0 Å². The van der Waals surface area contributed by atoms with E-state index in [9.17, 15) is 19.2 Å². The molecule has 1 aliphatic heterocycles. The minimum absolute atomic E-state index is 0.0734. The molecule has 1 aliphatic rings. The Labute approximate surface area is 288 Å². The predicted molar refractivity (Wildman–Crippen MR) is 184 cm³/mol. The summed E-state index contributed by atoms with van der Waals surface area (Å²) in [6.07, 6.45) is 0.0539. The van der Waals surface area contributed by atoms with Gasteiger partial charge in [-0.25, -0.2) is 19.2 Å². The maximum Gasteiger partial charge on any atom is 0.410 e. The van der Waals surface area contributed by atoms with Crippen molar-refractivity contribution in [3.05, 3.63) is 108 Å². The van der Waals surface area contributed by atoms with Crippen molar-refractivity contribution >= 4 is 24.3 Å².